The average Bonchev–Trinajstić information content (AvgIpc) is 3.33. The van der Waals surface area contributed by atoms with Crippen LogP contribution in [0, 0.1) is 5.41 Å². The van der Waals surface area contributed by atoms with Crippen molar-refractivity contribution in [2.24, 2.45) is 11.1 Å². The lowest BCUT2D eigenvalue weighted by Gasteiger charge is -2.36. The van der Waals surface area contributed by atoms with Gasteiger partial charge < -0.3 is 16.0 Å². The molecule has 31 heavy (non-hydrogen) atoms. The number of pyridine rings is 1. The topological polar surface area (TPSA) is 123 Å². The molecule has 1 saturated carbocycles. The third-order valence-corrected chi connectivity index (χ3v) is 6.50. The maximum absolute atomic E-state index is 13.1. The highest BCUT2D eigenvalue weighted by atomic mass is 16.2. The number of hydrogen-bond donors (Lipinski definition) is 2. The van der Waals surface area contributed by atoms with E-state index >= 15 is 0 Å². The van der Waals surface area contributed by atoms with E-state index in [0.29, 0.717) is 23.9 Å². The summed E-state index contributed by atoms with van der Waals surface area (Å²) in [5.41, 5.74) is 6.34. The summed E-state index contributed by atoms with van der Waals surface area (Å²) in [5, 5.41) is 7.98. The van der Waals surface area contributed by atoms with E-state index in [9.17, 15) is 14.4 Å². The van der Waals surface area contributed by atoms with Crippen LogP contribution in [0.5, 0.6) is 0 Å². The molecule has 2 aromatic heterocycles. The van der Waals surface area contributed by atoms with Gasteiger partial charge in [0.25, 0.3) is 5.91 Å². The Hall–Kier alpha value is -2.97. The molecule has 0 spiro atoms. The molecule has 3 amide bonds. The predicted molar refractivity (Wildman–Crippen MR) is 115 cm³/mol. The maximum Gasteiger partial charge on any atom is 0.269 e. The summed E-state index contributed by atoms with van der Waals surface area (Å²) < 4.78 is 1.45. The van der Waals surface area contributed by atoms with Crippen LogP contribution in [0.1, 0.15) is 62.9 Å². The van der Waals surface area contributed by atoms with Gasteiger partial charge in [0.05, 0.1) is 11.7 Å². The van der Waals surface area contributed by atoms with Crippen molar-refractivity contribution in [2.75, 3.05) is 6.54 Å². The standard InChI is InChI=1S/C22H30N6O3/c1-22(2)8-3-5-14(11-22)25-21(31)16-6-4-10-27(16)18(29)13-28-17-12-24-9-7-15(17)19(26-28)20(23)30/h7,9,12,14,16H,3-6,8,10-11,13H2,1-2H3,(H2,23,30)(H,25,31)/t14-,16+/m1/s1. The SMILES string of the molecule is CC1(C)CCC[C@@H](NC(=O)[C@@H]2CCCN2C(=O)Cn2nc(C(N)=O)c3ccncc32)C1. The van der Waals surface area contributed by atoms with Crippen molar-refractivity contribution in [3.63, 3.8) is 0 Å². The summed E-state index contributed by atoms with van der Waals surface area (Å²) in [6.07, 6.45) is 8.77. The van der Waals surface area contributed by atoms with Crippen molar-refractivity contribution in [1.29, 1.82) is 0 Å². The second-order valence-corrected chi connectivity index (χ2v) is 9.47. The number of rotatable bonds is 5. The largest absolute Gasteiger partial charge is 0.364 e. The zero-order valence-corrected chi connectivity index (χ0v) is 18.1. The molecule has 1 aliphatic heterocycles. The molecular weight excluding hydrogens is 396 g/mol. The number of nitrogens with zero attached hydrogens (tertiary/aromatic N) is 4. The van der Waals surface area contributed by atoms with Gasteiger partial charge in [-0.25, -0.2) is 0 Å². The van der Waals surface area contributed by atoms with Gasteiger partial charge in [0.15, 0.2) is 5.69 Å². The average molecular weight is 427 g/mol. The van der Waals surface area contributed by atoms with E-state index in [1.807, 2.05) is 0 Å². The van der Waals surface area contributed by atoms with Crippen molar-refractivity contribution in [3.05, 3.63) is 24.2 Å². The zero-order chi connectivity index (χ0) is 22.2. The molecule has 9 heteroatoms. The third kappa shape index (κ3) is 4.40. The van der Waals surface area contributed by atoms with Crippen LogP contribution >= 0.6 is 0 Å². The highest BCUT2D eigenvalue weighted by Gasteiger charge is 2.36. The normalized spacial score (nSPS) is 23.1. The minimum atomic E-state index is -0.656. The monoisotopic (exact) mass is 426 g/mol. The van der Waals surface area contributed by atoms with E-state index in [4.69, 9.17) is 5.73 Å². The van der Waals surface area contributed by atoms with E-state index < -0.39 is 11.9 Å². The second kappa shape index (κ2) is 8.28. The number of aromatic nitrogens is 3. The number of nitrogens with two attached hydrogens (primary N) is 1. The molecule has 2 atom stereocenters. The Kier molecular flexibility index (Phi) is 5.68. The smallest absolute Gasteiger partial charge is 0.269 e. The zero-order valence-electron chi connectivity index (χ0n) is 18.1. The number of primary amides is 1. The van der Waals surface area contributed by atoms with Crippen LogP contribution in [0.25, 0.3) is 10.9 Å². The number of fused-ring (bicyclic) bond motifs is 1. The molecule has 3 N–H and O–H groups in total. The second-order valence-electron chi connectivity index (χ2n) is 9.47. The Morgan fingerprint density at radius 2 is 2.06 bits per heavy atom. The minimum Gasteiger partial charge on any atom is -0.364 e. The number of carbonyl (C=O) groups is 3. The molecule has 1 aliphatic carbocycles. The van der Waals surface area contributed by atoms with Crippen LogP contribution in [0.3, 0.4) is 0 Å². The van der Waals surface area contributed by atoms with Gasteiger partial charge in [-0.15, -0.1) is 0 Å². The maximum atomic E-state index is 13.1. The molecule has 0 radical (unpaired) electrons. The molecular formula is C22H30N6O3. The van der Waals surface area contributed by atoms with Crippen LogP contribution < -0.4 is 11.1 Å². The molecule has 3 heterocycles. The van der Waals surface area contributed by atoms with Crippen molar-refractivity contribution in [1.82, 2.24) is 25.0 Å². The molecule has 1 saturated heterocycles. The summed E-state index contributed by atoms with van der Waals surface area (Å²) in [6, 6.07) is 1.35. The number of likely N-dealkylation sites (tertiary alicyclic amines) is 1. The van der Waals surface area contributed by atoms with E-state index in [1.165, 1.54) is 11.1 Å². The van der Waals surface area contributed by atoms with Crippen molar-refractivity contribution in [3.8, 4) is 0 Å². The van der Waals surface area contributed by atoms with Crippen LogP contribution in [-0.2, 0) is 16.1 Å². The van der Waals surface area contributed by atoms with Gasteiger partial charge in [0.2, 0.25) is 11.8 Å². The quantitative estimate of drug-likeness (QED) is 0.752. The van der Waals surface area contributed by atoms with Gasteiger partial charge in [-0.1, -0.05) is 20.3 Å². The lowest BCUT2D eigenvalue weighted by atomic mass is 9.75. The fourth-order valence-corrected chi connectivity index (χ4v) is 5.00. The third-order valence-electron chi connectivity index (χ3n) is 6.50. The molecule has 0 unspecified atom stereocenters. The first-order valence-electron chi connectivity index (χ1n) is 11.0. The first-order chi connectivity index (χ1) is 14.7. The molecule has 9 nitrogen and oxygen atoms in total. The molecule has 0 bridgehead atoms. The van der Waals surface area contributed by atoms with Crippen molar-refractivity contribution >= 4 is 28.6 Å². The number of hydrogen-bond acceptors (Lipinski definition) is 5. The summed E-state index contributed by atoms with van der Waals surface area (Å²) in [4.78, 5) is 43.5. The van der Waals surface area contributed by atoms with Gasteiger partial charge in [-0.2, -0.15) is 5.10 Å². The van der Waals surface area contributed by atoms with Crippen LogP contribution in [0.4, 0.5) is 0 Å². The first kappa shape index (κ1) is 21.3. The van der Waals surface area contributed by atoms with Crippen LogP contribution in [-0.4, -0.2) is 56.0 Å². The number of carbonyl (C=O) groups excluding carboxylic acids is 3. The number of amides is 3. The van der Waals surface area contributed by atoms with Gasteiger partial charge in [-0.3, -0.25) is 24.0 Å². The van der Waals surface area contributed by atoms with Crippen LogP contribution in [0.15, 0.2) is 18.5 Å². The predicted octanol–water partition coefficient (Wildman–Crippen LogP) is 1.61. The Morgan fingerprint density at radius 1 is 1.26 bits per heavy atom. The minimum absolute atomic E-state index is 0.0710. The van der Waals surface area contributed by atoms with Gasteiger partial charge >= 0.3 is 0 Å². The lowest BCUT2D eigenvalue weighted by molar-refractivity contribution is -0.139. The summed E-state index contributed by atoms with van der Waals surface area (Å²) >= 11 is 0. The molecule has 2 aliphatic rings. The Morgan fingerprint density at radius 3 is 2.81 bits per heavy atom. The summed E-state index contributed by atoms with van der Waals surface area (Å²) in [6.45, 7) is 4.93. The first-order valence-corrected chi connectivity index (χ1v) is 11.0. The van der Waals surface area contributed by atoms with Crippen molar-refractivity contribution in [2.45, 2.75) is 71.0 Å². The van der Waals surface area contributed by atoms with E-state index in [1.54, 1.807) is 23.4 Å². The molecule has 4 rings (SSSR count). The van der Waals surface area contributed by atoms with Crippen molar-refractivity contribution < 1.29 is 14.4 Å². The Balaban J connectivity index is 1.47. The summed E-state index contributed by atoms with van der Waals surface area (Å²) in [7, 11) is 0. The fourth-order valence-electron chi connectivity index (χ4n) is 5.00. The van der Waals surface area contributed by atoms with Crippen LogP contribution in [0.2, 0.25) is 0 Å². The Bertz CT molecular complexity index is 1010. The van der Waals surface area contributed by atoms with Gasteiger partial charge in [-0.05, 0) is 43.6 Å². The lowest BCUT2D eigenvalue weighted by Crippen LogP contribution is -2.50. The van der Waals surface area contributed by atoms with E-state index in [2.05, 4.69) is 29.2 Å². The molecule has 0 aromatic carbocycles. The Labute approximate surface area is 181 Å². The van der Waals surface area contributed by atoms with Gasteiger partial charge in [0.1, 0.15) is 12.6 Å². The molecule has 2 aromatic rings. The van der Waals surface area contributed by atoms with Gasteiger partial charge in [0, 0.05) is 24.2 Å². The molecule has 166 valence electrons. The molecule has 2 fully saturated rings. The fraction of sp³-hybridized carbons (Fsp3) is 0.591. The summed E-state index contributed by atoms with van der Waals surface area (Å²) in [5.74, 6) is -0.930. The van der Waals surface area contributed by atoms with E-state index in [-0.39, 0.29) is 35.5 Å². The highest BCUT2D eigenvalue weighted by Crippen LogP contribution is 2.35. The highest BCUT2D eigenvalue weighted by molar-refractivity contribution is 6.04. The number of nitrogens with one attached hydrogen (secondary N) is 1. The van der Waals surface area contributed by atoms with E-state index in [0.717, 1.165) is 25.7 Å².